The molecule has 17 heavy (non-hydrogen) atoms. The second-order valence-corrected chi connectivity index (χ2v) is 3.72. The highest BCUT2D eigenvalue weighted by molar-refractivity contribution is 6.30. The first-order chi connectivity index (χ1) is 8.08. The van der Waals surface area contributed by atoms with E-state index in [0.29, 0.717) is 10.7 Å². The Balaban J connectivity index is 2.45. The molecule has 0 fully saturated rings. The summed E-state index contributed by atoms with van der Waals surface area (Å²) < 4.78 is 5.62. The van der Waals surface area contributed by atoms with Gasteiger partial charge in [0.1, 0.15) is 0 Å². The molecule has 2 rings (SSSR count). The van der Waals surface area contributed by atoms with Crippen LogP contribution in [0.25, 0.3) is 0 Å². The summed E-state index contributed by atoms with van der Waals surface area (Å²) in [5.41, 5.74) is -0.559. The molecule has 0 amide bonds. The minimum absolute atomic E-state index is 0.176. The number of halogens is 1. The minimum atomic E-state index is -0.761. The number of aliphatic imine (C=N–C) groups is 1. The van der Waals surface area contributed by atoms with Crippen molar-refractivity contribution in [3.05, 3.63) is 45.4 Å². The number of benzene rings is 1. The van der Waals surface area contributed by atoms with E-state index in [1.54, 1.807) is 18.2 Å². The lowest BCUT2D eigenvalue weighted by Crippen LogP contribution is -2.43. The Hall–Kier alpha value is -2.08. The van der Waals surface area contributed by atoms with Crippen LogP contribution in [0.1, 0.15) is 5.69 Å². The van der Waals surface area contributed by atoms with Crippen molar-refractivity contribution in [1.29, 1.82) is 0 Å². The van der Waals surface area contributed by atoms with Crippen molar-refractivity contribution in [3.8, 4) is 0 Å². The zero-order chi connectivity index (χ0) is 12.4. The average molecular weight is 254 g/mol. The Kier molecular flexibility index (Phi) is 2.97. The molecule has 0 radical (unpaired) electrons. The smallest absolute Gasteiger partial charge is 0.435 e. The van der Waals surface area contributed by atoms with E-state index in [9.17, 15) is 9.90 Å². The standard InChI is InChI=1S/C10H8ClN3O3/c1-14-8(10(16)17-13-14)9(15)12-7-4-2-3-6(11)5-7/h2-5H,1H3,(H-,12,13,15,16). The number of H-pyrrole nitrogens is 1. The van der Waals surface area contributed by atoms with Gasteiger partial charge in [0, 0.05) is 5.02 Å². The van der Waals surface area contributed by atoms with Crippen LogP contribution in [0, 0.1) is 0 Å². The van der Waals surface area contributed by atoms with Crippen LogP contribution in [-0.2, 0) is 7.05 Å². The van der Waals surface area contributed by atoms with E-state index >= 15 is 0 Å². The fraction of sp³-hybridized carbons (Fsp3) is 0.100. The second kappa shape index (κ2) is 4.42. The number of aromatic amines is 1. The fourth-order valence-corrected chi connectivity index (χ4v) is 1.47. The van der Waals surface area contributed by atoms with Crippen molar-refractivity contribution in [2.24, 2.45) is 12.0 Å². The Morgan fingerprint density at radius 1 is 1.59 bits per heavy atom. The molecule has 2 aromatic rings. The highest BCUT2D eigenvalue weighted by Gasteiger charge is 2.17. The minimum Gasteiger partial charge on any atom is -0.854 e. The van der Waals surface area contributed by atoms with Crippen LogP contribution in [0.2, 0.25) is 5.02 Å². The van der Waals surface area contributed by atoms with Crippen molar-refractivity contribution in [3.63, 3.8) is 0 Å². The lowest BCUT2D eigenvalue weighted by molar-refractivity contribution is -0.742. The number of aryl methyl sites for hydroxylation is 1. The Labute approximate surface area is 101 Å². The molecule has 0 saturated carbocycles. The normalized spacial score (nSPS) is 11.8. The maximum atomic E-state index is 11.7. The van der Waals surface area contributed by atoms with Crippen molar-refractivity contribution in [1.82, 2.24) is 5.27 Å². The van der Waals surface area contributed by atoms with E-state index in [-0.39, 0.29) is 5.69 Å². The molecule has 6 nitrogen and oxygen atoms in total. The van der Waals surface area contributed by atoms with Gasteiger partial charge in [0.2, 0.25) is 0 Å². The van der Waals surface area contributed by atoms with Gasteiger partial charge in [0.15, 0.2) is 7.05 Å². The number of nitrogens with one attached hydrogen (secondary N) is 1. The summed E-state index contributed by atoms with van der Waals surface area (Å²) in [6.07, 6.45) is 0. The molecule has 7 heteroatoms. The van der Waals surface area contributed by atoms with E-state index in [0.717, 1.165) is 0 Å². The highest BCUT2D eigenvalue weighted by Crippen LogP contribution is 2.17. The summed E-state index contributed by atoms with van der Waals surface area (Å²) in [4.78, 5) is 15.0. The Morgan fingerprint density at radius 3 is 2.94 bits per heavy atom. The van der Waals surface area contributed by atoms with Gasteiger partial charge in [-0.25, -0.2) is 4.79 Å². The van der Waals surface area contributed by atoms with Gasteiger partial charge in [0.25, 0.3) is 0 Å². The second-order valence-electron chi connectivity index (χ2n) is 3.29. The molecule has 1 N–H and O–H groups in total. The number of nitrogens with zero attached hydrogens (tertiary/aromatic N) is 2. The maximum absolute atomic E-state index is 11.7. The molecule has 1 heterocycles. The van der Waals surface area contributed by atoms with Crippen LogP contribution in [-0.4, -0.2) is 11.2 Å². The van der Waals surface area contributed by atoms with Crippen LogP contribution < -0.4 is 15.4 Å². The molecule has 0 aliphatic heterocycles. The third-order valence-corrected chi connectivity index (χ3v) is 2.28. The average Bonchev–Trinajstić information content (AvgIpc) is 2.58. The predicted octanol–water partition coefficient (Wildman–Crippen LogP) is -0.116. The molecular weight excluding hydrogens is 246 g/mol. The summed E-state index contributed by atoms with van der Waals surface area (Å²) >= 11 is 5.75. The first-order valence-electron chi connectivity index (χ1n) is 4.67. The van der Waals surface area contributed by atoms with E-state index in [4.69, 9.17) is 11.6 Å². The highest BCUT2D eigenvalue weighted by atomic mass is 35.5. The number of aromatic nitrogens is 2. The van der Waals surface area contributed by atoms with Crippen LogP contribution in [0.4, 0.5) is 5.69 Å². The fourth-order valence-electron chi connectivity index (χ4n) is 1.29. The molecule has 0 spiro atoms. The van der Waals surface area contributed by atoms with Crippen molar-refractivity contribution >= 4 is 23.2 Å². The summed E-state index contributed by atoms with van der Waals surface area (Å²) in [6.45, 7) is 0. The molecule has 0 atom stereocenters. The number of hydrogen-bond acceptors (Lipinski definition) is 4. The quantitative estimate of drug-likeness (QED) is 0.460. The molecule has 0 unspecified atom stereocenters. The van der Waals surface area contributed by atoms with E-state index in [1.807, 2.05) is 0 Å². The van der Waals surface area contributed by atoms with Gasteiger partial charge in [-0.05, 0) is 23.5 Å². The summed E-state index contributed by atoms with van der Waals surface area (Å²) in [7, 11) is 1.48. The van der Waals surface area contributed by atoms with Crippen LogP contribution in [0.5, 0.6) is 0 Å². The van der Waals surface area contributed by atoms with Crippen molar-refractivity contribution in [2.75, 3.05) is 0 Å². The summed E-state index contributed by atoms with van der Waals surface area (Å²) in [6, 6.07) is 6.45. The van der Waals surface area contributed by atoms with Gasteiger partial charge in [-0.1, -0.05) is 22.3 Å². The van der Waals surface area contributed by atoms with Crippen molar-refractivity contribution < 1.29 is 14.3 Å². The Morgan fingerprint density at radius 2 is 2.35 bits per heavy atom. The number of rotatable bonds is 2. The monoisotopic (exact) mass is 253 g/mol. The molecule has 1 aromatic carbocycles. The van der Waals surface area contributed by atoms with Gasteiger partial charge >= 0.3 is 11.3 Å². The predicted molar refractivity (Wildman–Crippen MR) is 58.2 cm³/mol. The molecule has 0 saturated heterocycles. The third-order valence-electron chi connectivity index (χ3n) is 2.05. The van der Waals surface area contributed by atoms with Gasteiger partial charge < -0.3 is 5.11 Å². The molecular formula is C10H8ClN3O3. The van der Waals surface area contributed by atoms with Crippen LogP contribution in [0.3, 0.4) is 0 Å². The summed E-state index contributed by atoms with van der Waals surface area (Å²) in [5, 5.41) is 14.4. The molecule has 1 aromatic heterocycles. The summed E-state index contributed by atoms with van der Waals surface area (Å²) in [5.74, 6) is -0.690. The third kappa shape index (κ3) is 2.36. The first kappa shape index (κ1) is 11.4. The van der Waals surface area contributed by atoms with Crippen LogP contribution in [0.15, 0.2) is 38.6 Å². The van der Waals surface area contributed by atoms with Gasteiger partial charge in [-0.15, -0.1) is 0 Å². The molecule has 0 aliphatic rings. The van der Waals surface area contributed by atoms with Gasteiger partial charge in [0.05, 0.1) is 11.6 Å². The SMILES string of the molecule is C[n+]1[nH]oc(=O)c1C([O-])=Nc1cccc(Cl)c1. The van der Waals surface area contributed by atoms with Crippen LogP contribution >= 0.6 is 11.6 Å². The molecule has 0 bridgehead atoms. The lowest BCUT2D eigenvalue weighted by Gasteiger charge is -2.03. The largest absolute Gasteiger partial charge is 0.854 e. The lowest BCUT2D eigenvalue weighted by atomic mass is 10.3. The molecule has 88 valence electrons. The van der Waals surface area contributed by atoms with E-state index in [2.05, 4.69) is 14.8 Å². The topological polar surface area (TPSA) is 85.3 Å². The van der Waals surface area contributed by atoms with Gasteiger partial charge in [-0.3, -0.25) is 9.52 Å². The Bertz CT molecular complexity index is 630. The maximum Gasteiger partial charge on any atom is 0.435 e. The zero-order valence-electron chi connectivity index (χ0n) is 8.81. The van der Waals surface area contributed by atoms with E-state index in [1.165, 1.54) is 17.8 Å². The number of hydrogen-bond donors (Lipinski definition) is 1. The molecule has 0 aliphatic carbocycles. The van der Waals surface area contributed by atoms with Crippen molar-refractivity contribution in [2.45, 2.75) is 0 Å². The zero-order valence-corrected chi connectivity index (χ0v) is 9.56. The van der Waals surface area contributed by atoms with Gasteiger partial charge in [-0.2, -0.15) is 0 Å². The first-order valence-corrected chi connectivity index (χ1v) is 5.05. The van der Waals surface area contributed by atoms with E-state index < -0.39 is 11.5 Å².